The Labute approximate surface area is 134 Å². The second-order valence-corrected chi connectivity index (χ2v) is 7.25. The molecule has 2 rings (SSSR count). The minimum Gasteiger partial charge on any atom is -0.492 e. The lowest BCUT2D eigenvalue weighted by Crippen LogP contribution is -2.19. The number of hydrogen-bond donors (Lipinski definition) is 2. The van der Waals surface area contributed by atoms with Crippen molar-refractivity contribution in [3.63, 3.8) is 0 Å². The number of hydrogen-bond acceptors (Lipinski definition) is 5. The molecule has 0 aliphatic heterocycles. The first-order chi connectivity index (χ1) is 10.8. The molecule has 0 saturated heterocycles. The number of nitrogens with one attached hydrogen (secondary N) is 2. The molecular weight excluding hydrogens is 320 g/mol. The maximum atomic E-state index is 11.9. The van der Waals surface area contributed by atoms with Crippen LogP contribution in [0.4, 0.5) is 16.2 Å². The highest BCUT2D eigenvalue weighted by Crippen LogP contribution is 2.17. The van der Waals surface area contributed by atoms with Gasteiger partial charge >= 0.3 is 6.03 Å². The van der Waals surface area contributed by atoms with Gasteiger partial charge in [-0.3, -0.25) is 4.68 Å². The highest BCUT2D eigenvalue weighted by molar-refractivity contribution is 7.90. The molecule has 0 atom stereocenters. The lowest BCUT2D eigenvalue weighted by Gasteiger charge is -2.09. The molecule has 2 amide bonds. The molecule has 0 unspecified atom stereocenters. The Morgan fingerprint density at radius 3 is 2.70 bits per heavy atom. The smallest absolute Gasteiger partial charge is 0.323 e. The number of ether oxygens (including phenoxy) is 1. The van der Waals surface area contributed by atoms with Crippen molar-refractivity contribution in [3.05, 3.63) is 36.7 Å². The highest BCUT2D eigenvalue weighted by atomic mass is 32.2. The quantitative estimate of drug-likeness (QED) is 0.831. The fourth-order valence-corrected chi connectivity index (χ4v) is 2.14. The van der Waals surface area contributed by atoms with Crippen LogP contribution in [0.15, 0.2) is 36.7 Å². The molecule has 0 aliphatic carbocycles. The SMILES string of the molecule is Cn1cc(NC(=O)Nc2cccc(OCCS(C)(=O)=O)c2)cn1. The van der Waals surface area contributed by atoms with E-state index in [2.05, 4.69) is 15.7 Å². The summed E-state index contributed by atoms with van der Waals surface area (Å²) in [5, 5.41) is 9.25. The van der Waals surface area contributed by atoms with Crippen LogP contribution in [0.1, 0.15) is 0 Å². The van der Waals surface area contributed by atoms with Gasteiger partial charge in [0.05, 0.1) is 17.6 Å². The standard InChI is InChI=1S/C14H18N4O4S/c1-18-10-12(9-15-18)17-14(19)16-11-4-3-5-13(8-11)22-6-7-23(2,20)21/h3-5,8-10H,6-7H2,1-2H3,(H2,16,17,19). The van der Waals surface area contributed by atoms with Crippen LogP contribution in [-0.4, -0.2) is 42.8 Å². The van der Waals surface area contributed by atoms with E-state index in [-0.39, 0.29) is 12.4 Å². The Balaban J connectivity index is 1.90. The van der Waals surface area contributed by atoms with Crippen molar-refractivity contribution >= 4 is 27.2 Å². The number of urea groups is 1. The van der Waals surface area contributed by atoms with Gasteiger partial charge in [-0.15, -0.1) is 0 Å². The summed E-state index contributed by atoms with van der Waals surface area (Å²) in [6, 6.07) is 6.30. The first-order valence-electron chi connectivity index (χ1n) is 6.79. The fraction of sp³-hybridized carbons (Fsp3) is 0.286. The van der Waals surface area contributed by atoms with E-state index < -0.39 is 15.9 Å². The van der Waals surface area contributed by atoms with Crippen LogP contribution in [0.5, 0.6) is 5.75 Å². The Kier molecular flexibility index (Phi) is 5.22. The molecular formula is C14H18N4O4S. The fourth-order valence-electron chi connectivity index (χ4n) is 1.75. The molecule has 2 aromatic rings. The predicted octanol–water partition coefficient (Wildman–Crippen LogP) is 1.49. The van der Waals surface area contributed by atoms with Crippen LogP contribution in [0, 0.1) is 0 Å². The second kappa shape index (κ2) is 7.14. The zero-order chi connectivity index (χ0) is 16.9. The average molecular weight is 338 g/mol. The van der Waals surface area contributed by atoms with Gasteiger partial charge in [0.2, 0.25) is 0 Å². The zero-order valence-electron chi connectivity index (χ0n) is 12.8. The summed E-state index contributed by atoms with van der Waals surface area (Å²) < 4.78 is 29.1. The summed E-state index contributed by atoms with van der Waals surface area (Å²) in [6.07, 6.45) is 4.35. The van der Waals surface area contributed by atoms with Gasteiger partial charge in [0.15, 0.2) is 9.84 Å². The third-order valence-electron chi connectivity index (χ3n) is 2.78. The van der Waals surface area contributed by atoms with Crippen molar-refractivity contribution in [2.45, 2.75) is 0 Å². The van der Waals surface area contributed by atoms with Crippen LogP contribution in [0.2, 0.25) is 0 Å². The van der Waals surface area contributed by atoms with E-state index in [9.17, 15) is 13.2 Å². The van der Waals surface area contributed by atoms with Crippen molar-refractivity contribution < 1.29 is 17.9 Å². The predicted molar refractivity (Wildman–Crippen MR) is 87.5 cm³/mol. The number of benzene rings is 1. The molecule has 0 bridgehead atoms. The Morgan fingerprint density at radius 2 is 2.04 bits per heavy atom. The number of carbonyl (C=O) groups is 1. The van der Waals surface area contributed by atoms with Crippen LogP contribution in [-0.2, 0) is 16.9 Å². The minimum absolute atomic E-state index is 0.0597. The third kappa shape index (κ3) is 5.99. The molecule has 0 fully saturated rings. The molecule has 124 valence electrons. The van der Waals surface area contributed by atoms with Crippen molar-refractivity contribution in [2.75, 3.05) is 29.2 Å². The monoisotopic (exact) mass is 338 g/mol. The molecule has 0 aliphatic rings. The Bertz CT molecular complexity index is 786. The highest BCUT2D eigenvalue weighted by Gasteiger charge is 2.06. The van der Waals surface area contributed by atoms with Gasteiger partial charge in [0.1, 0.15) is 12.4 Å². The number of carbonyl (C=O) groups excluding carboxylic acids is 1. The Hall–Kier alpha value is -2.55. The van der Waals surface area contributed by atoms with Gasteiger partial charge in [0, 0.05) is 31.3 Å². The number of aryl methyl sites for hydroxylation is 1. The second-order valence-electron chi connectivity index (χ2n) is 4.99. The van der Waals surface area contributed by atoms with E-state index in [1.54, 1.807) is 42.2 Å². The van der Waals surface area contributed by atoms with Crippen molar-refractivity contribution in [2.24, 2.45) is 7.05 Å². The first-order valence-corrected chi connectivity index (χ1v) is 8.85. The lowest BCUT2D eigenvalue weighted by atomic mass is 10.3. The molecule has 2 N–H and O–H groups in total. The molecule has 8 nitrogen and oxygen atoms in total. The maximum absolute atomic E-state index is 11.9. The van der Waals surface area contributed by atoms with E-state index >= 15 is 0 Å². The number of rotatable bonds is 6. The number of anilines is 2. The maximum Gasteiger partial charge on any atom is 0.323 e. The van der Waals surface area contributed by atoms with Crippen molar-refractivity contribution in [1.82, 2.24) is 9.78 Å². The van der Waals surface area contributed by atoms with E-state index in [0.717, 1.165) is 6.26 Å². The molecule has 0 spiro atoms. The van der Waals surface area contributed by atoms with Crippen molar-refractivity contribution in [1.29, 1.82) is 0 Å². The van der Waals surface area contributed by atoms with Gasteiger partial charge in [-0.2, -0.15) is 5.10 Å². The van der Waals surface area contributed by atoms with Crippen LogP contribution in [0.3, 0.4) is 0 Å². The summed E-state index contributed by atoms with van der Waals surface area (Å²) in [5.74, 6) is 0.416. The molecule has 9 heteroatoms. The van der Waals surface area contributed by atoms with E-state index in [1.807, 2.05) is 0 Å². The van der Waals surface area contributed by atoms with E-state index in [0.29, 0.717) is 17.1 Å². The number of amides is 2. The molecule has 1 heterocycles. The molecule has 1 aromatic heterocycles. The largest absolute Gasteiger partial charge is 0.492 e. The van der Waals surface area contributed by atoms with Crippen LogP contribution < -0.4 is 15.4 Å². The first kappa shape index (κ1) is 16.8. The lowest BCUT2D eigenvalue weighted by molar-refractivity contribution is 0.262. The van der Waals surface area contributed by atoms with E-state index in [1.165, 1.54) is 6.20 Å². The van der Waals surface area contributed by atoms with Gasteiger partial charge in [-0.25, -0.2) is 13.2 Å². The molecule has 0 radical (unpaired) electrons. The third-order valence-corrected chi connectivity index (χ3v) is 3.69. The number of aromatic nitrogens is 2. The van der Waals surface area contributed by atoms with Gasteiger partial charge in [0.25, 0.3) is 0 Å². The summed E-state index contributed by atoms with van der Waals surface area (Å²) >= 11 is 0. The van der Waals surface area contributed by atoms with E-state index in [4.69, 9.17) is 4.74 Å². The van der Waals surface area contributed by atoms with Crippen LogP contribution in [0.25, 0.3) is 0 Å². The van der Waals surface area contributed by atoms with Gasteiger partial charge in [-0.05, 0) is 12.1 Å². The number of sulfone groups is 1. The average Bonchev–Trinajstić information content (AvgIpc) is 2.83. The summed E-state index contributed by atoms with van der Waals surface area (Å²) in [5.41, 5.74) is 1.11. The Morgan fingerprint density at radius 1 is 1.30 bits per heavy atom. The molecule has 1 aromatic carbocycles. The van der Waals surface area contributed by atoms with Crippen molar-refractivity contribution in [3.8, 4) is 5.75 Å². The summed E-state index contributed by atoms with van der Waals surface area (Å²) in [7, 11) is -1.32. The topological polar surface area (TPSA) is 102 Å². The summed E-state index contributed by atoms with van der Waals surface area (Å²) in [4.78, 5) is 11.9. The van der Waals surface area contributed by atoms with Crippen LogP contribution >= 0.6 is 0 Å². The molecule has 23 heavy (non-hydrogen) atoms. The van der Waals surface area contributed by atoms with Gasteiger partial charge < -0.3 is 15.4 Å². The van der Waals surface area contributed by atoms with Gasteiger partial charge in [-0.1, -0.05) is 6.07 Å². The minimum atomic E-state index is -3.07. The molecule has 0 saturated carbocycles. The number of nitrogens with zero attached hydrogens (tertiary/aromatic N) is 2. The summed E-state index contributed by atoms with van der Waals surface area (Å²) in [6.45, 7) is 0.0597. The zero-order valence-corrected chi connectivity index (χ0v) is 13.6. The normalized spacial score (nSPS) is 11.0.